The van der Waals surface area contributed by atoms with E-state index in [0.717, 1.165) is 25.1 Å². The summed E-state index contributed by atoms with van der Waals surface area (Å²) in [5, 5.41) is 0. The van der Waals surface area contributed by atoms with Crippen molar-refractivity contribution in [3.63, 3.8) is 0 Å². The maximum absolute atomic E-state index is 13.6. The summed E-state index contributed by atoms with van der Waals surface area (Å²) in [6, 6.07) is 16.7. The van der Waals surface area contributed by atoms with Gasteiger partial charge in [-0.2, -0.15) is 0 Å². The number of hydrogen-bond donors (Lipinski definition) is 0. The van der Waals surface area contributed by atoms with Crippen LogP contribution in [0.4, 0.5) is 5.69 Å². The van der Waals surface area contributed by atoms with Gasteiger partial charge in [-0.25, -0.2) is 4.90 Å². The Morgan fingerprint density at radius 1 is 0.867 bits per heavy atom. The van der Waals surface area contributed by atoms with E-state index < -0.39 is 0 Å². The molecule has 2 heterocycles. The van der Waals surface area contributed by atoms with Crippen LogP contribution in [-0.2, 0) is 9.59 Å². The first-order chi connectivity index (χ1) is 14.6. The molecule has 6 heteroatoms. The minimum Gasteiger partial charge on any atom is -0.491 e. The van der Waals surface area contributed by atoms with Crippen LogP contribution in [0.5, 0.6) is 5.75 Å². The summed E-state index contributed by atoms with van der Waals surface area (Å²) in [5.74, 6) is -0.0308. The zero-order valence-electron chi connectivity index (χ0n) is 17.5. The van der Waals surface area contributed by atoms with E-state index in [-0.39, 0.29) is 11.8 Å². The Labute approximate surface area is 177 Å². The molecule has 0 atom stereocenters. The number of rotatable bonds is 6. The molecule has 2 amide bonds. The van der Waals surface area contributed by atoms with Gasteiger partial charge in [-0.05, 0) is 31.2 Å². The molecule has 0 spiro atoms. The van der Waals surface area contributed by atoms with Crippen LogP contribution in [-0.4, -0.2) is 61.4 Å². The maximum atomic E-state index is 13.6. The third-order valence-electron chi connectivity index (χ3n) is 5.51. The van der Waals surface area contributed by atoms with Crippen molar-refractivity contribution in [3.05, 3.63) is 65.9 Å². The second kappa shape index (κ2) is 8.71. The van der Waals surface area contributed by atoms with Gasteiger partial charge in [-0.3, -0.25) is 9.59 Å². The second-order valence-corrected chi connectivity index (χ2v) is 7.64. The number of carbonyl (C=O) groups is 2. The van der Waals surface area contributed by atoms with Gasteiger partial charge in [0.1, 0.15) is 11.4 Å². The van der Waals surface area contributed by atoms with Crippen molar-refractivity contribution >= 4 is 23.1 Å². The summed E-state index contributed by atoms with van der Waals surface area (Å²) in [5.41, 5.74) is 2.22. The van der Waals surface area contributed by atoms with Gasteiger partial charge in [0.05, 0.1) is 17.9 Å². The minimum absolute atomic E-state index is 0.282. The lowest BCUT2D eigenvalue weighted by Crippen LogP contribution is -2.46. The molecule has 0 aromatic heterocycles. The molecule has 0 N–H and O–H groups in total. The molecule has 0 aliphatic carbocycles. The van der Waals surface area contributed by atoms with Gasteiger partial charge in [0.15, 0.2) is 0 Å². The van der Waals surface area contributed by atoms with Gasteiger partial charge >= 0.3 is 0 Å². The SMILES string of the molecule is CCCOc1ccccc1N1C(=O)C(c2ccccc2)=C(N2CCN(C)CC2)C1=O. The highest BCUT2D eigenvalue weighted by Gasteiger charge is 2.43. The molecule has 2 aliphatic rings. The smallest absolute Gasteiger partial charge is 0.282 e. The number of nitrogens with zero attached hydrogens (tertiary/aromatic N) is 3. The number of likely N-dealkylation sites (N-methyl/N-ethyl adjacent to an activating group) is 1. The van der Waals surface area contributed by atoms with Gasteiger partial charge in [0, 0.05) is 26.2 Å². The molecule has 6 nitrogen and oxygen atoms in total. The number of imide groups is 1. The number of anilines is 1. The predicted octanol–water partition coefficient (Wildman–Crippen LogP) is 3.01. The molecule has 0 unspecified atom stereocenters. The first-order valence-corrected chi connectivity index (χ1v) is 10.5. The number of benzene rings is 2. The Kier molecular flexibility index (Phi) is 5.86. The number of hydrogen-bond acceptors (Lipinski definition) is 5. The van der Waals surface area contributed by atoms with Gasteiger partial charge < -0.3 is 14.5 Å². The number of carbonyl (C=O) groups excluding carboxylic acids is 2. The number of piperazine rings is 1. The third-order valence-corrected chi connectivity index (χ3v) is 5.51. The average molecular weight is 405 g/mol. The normalized spacial score (nSPS) is 17.8. The van der Waals surface area contributed by atoms with Gasteiger partial charge in [-0.1, -0.05) is 49.4 Å². The molecule has 30 heavy (non-hydrogen) atoms. The molecule has 2 aliphatic heterocycles. The molecule has 1 fully saturated rings. The summed E-state index contributed by atoms with van der Waals surface area (Å²) < 4.78 is 5.85. The predicted molar refractivity (Wildman–Crippen MR) is 117 cm³/mol. The van der Waals surface area contributed by atoms with Gasteiger partial charge in [-0.15, -0.1) is 0 Å². The Balaban J connectivity index is 1.78. The fraction of sp³-hybridized carbons (Fsp3) is 0.333. The number of amides is 2. The lowest BCUT2D eigenvalue weighted by atomic mass is 10.0. The first kappa shape index (κ1) is 20.2. The largest absolute Gasteiger partial charge is 0.491 e. The molecule has 1 saturated heterocycles. The highest BCUT2D eigenvalue weighted by Crippen LogP contribution is 2.38. The molecule has 2 aromatic carbocycles. The van der Waals surface area contributed by atoms with Crippen LogP contribution in [0.1, 0.15) is 18.9 Å². The van der Waals surface area contributed by atoms with Crippen LogP contribution in [0.2, 0.25) is 0 Å². The molecule has 2 aromatic rings. The highest BCUT2D eigenvalue weighted by atomic mass is 16.5. The van der Waals surface area contributed by atoms with Crippen LogP contribution in [0.3, 0.4) is 0 Å². The van der Waals surface area contributed by atoms with Crippen LogP contribution in [0, 0.1) is 0 Å². The number of ether oxygens (including phenoxy) is 1. The monoisotopic (exact) mass is 405 g/mol. The van der Waals surface area contributed by atoms with Crippen LogP contribution < -0.4 is 9.64 Å². The van der Waals surface area contributed by atoms with Crippen LogP contribution in [0.25, 0.3) is 5.57 Å². The summed E-state index contributed by atoms with van der Waals surface area (Å²) in [4.78, 5) is 32.8. The van der Waals surface area contributed by atoms with E-state index in [1.54, 1.807) is 6.07 Å². The lowest BCUT2D eigenvalue weighted by Gasteiger charge is -2.34. The van der Waals surface area contributed by atoms with E-state index in [1.807, 2.05) is 55.5 Å². The lowest BCUT2D eigenvalue weighted by molar-refractivity contribution is -0.120. The maximum Gasteiger partial charge on any atom is 0.282 e. The van der Waals surface area contributed by atoms with E-state index >= 15 is 0 Å². The standard InChI is InChI=1S/C24H27N3O3/c1-3-17-30-20-12-8-7-11-19(20)27-23(28)21(18-9-5-4-6-10-18)22(24(27)29)26-15-13-25(2)14-16-26/h4-12H,3,13-17H2,1-2H3. The van der Waals surface area contributed by atoms with Crippen molar-refractivity contribution in [2.45, 2.75) is 13.3 Å². The zero-order chi connectivity index (χ0) is 21.1. The minimum atomic E-state index is -0.298. The van der Waals surface area contributed by atoms with Gasteiger partial charge in [0.2, 0.25) is 0 Å². The van der Waals surface area contributed by atoms with Crippen molar-refractivity contribution in [1.29, 1.82) is 0 Å². The average Bonchev–Trinajstić information content (AvgIpc) is 3.03. The first-order valence-electron chi connectivity index (χ1n) is 10.5. The second-order valence-electron chi connectivity index (χ2n) is 7.64. The van der Waals surface area contributed by atoms with E-state index in [2.05, 4.69) is 16.8 Å². The zero-order valence-corrected chi connectivity index (χ0v) is 17.5. The molecule has 156 valence electrons. The fourth-order valence-electron chi connectivity index (χ4n) is 3.90. The summed E-state index contributed by atoms with van der Waals surface area (Å²) in [7, 11) is 2.07. The Hall–Kier alpha value is -3.12. The highest BCUT2D eigenvalue weighted by molar-refractivity contribution is 6.45. The molecular weight excluding hydrogens is 378 g/mol. The van der Waals surface area contributed by atoms with Crippen molar-refractivity contribution in [2.24, 2.45) is 0 Å². The Bertz CT molecular complexity index is 963. The summed E-state index contributed by atoms with van der Waals surface area (Å²) >= 11 is 0. The summed E-state index contributed by atoms with van der Waals surface area (Å²) in [6.45, 7) is 5.67. The quantitative estimate of drug-likeness (QED) is 0.692. The summed E-state index contributed by atoms with van der Waals surface area (Å²) in [6.07, 6.45) is 0.844. The van der Waals surface area contributed by atoms with E-state index in [9.17, 15) is 9.59 Å². The Morgan fingerprint density at radius 3 is 2.23 bits per heavy atom. The molecule has 4 rings (SSSR count). The number of para-hydroxylation sites is 2. The topological polar surface area (TPSA) is 53.1 Å². The third kappa shape index (κ3) is 3.71. The Morgan fingerprint density at radius 2 is 1.53 bits per heavy atom. The molecule has 0 radical (unpaired) electrons. The molecule has 0 bridgehead atoms. The van der Waals surface area contributed by atoms with Crippen LogP contribution >= 0.6 is 0 Å². The molecule has 0 saturated carbocycles. The van der Waals surface area contributed by atoms with E-state index in [1.165, 1.54) is 4.90 Å². The van der Waals surface area contributed by atoms with Crippen molar-refractivity contribution in [3.8, 4) is 5.75 Å². The van der Waals surface area contributed by atoms with Gasteiger partial charge in [0.25, 0.3) is 11.8 Å². The van der Waals surface area contributed by atoms with Crippen molar-refractivity contribution < 1.29 is 14.3 Å². The van der Waals surface area contributed by atoms with Crippen LogP contribution in [0.15, 0.2) is 60.3 Å². The van der Waals surface area contributed by atoms with E-state index in [4.69, 9.17) is 4.74 Å². The fourth-order valence-corrected chi connectivity index (χ4v) is 3.90. The van der Waals surface area contributed by atoms with E-state index in [0.29, 0.717) is 42.4 Å². The van der Waals surface area contributed by atoms with Crippen molar-refractivity contribution in [2.75, 3.05) is 44.7 Å². The van der Waals surface area contributed by atoms with Crippen molar-refractivity contribution in [1.82, 2.24) is 9.80 Å². The molecular formula is C24H27N3O3.